The first-order valence-corrected chi connectivity index (χ1v) is 9.18. The minimum absolute atomic E-state index is 0. The van der Waals surface area contributed by atoms with E-state index >= 15 is 0 Å². The molecule has 0 aliphatic carbocycles. The minimum Gasteiger partial charge on any atom is -1.00 e. The summed E-state index contributed by atoms with van der Waals surface area (Å²) in [7, 11) is -9.34. The van der Waals surface area contributed by atoms with Gasteiger partial charge in [-0.25, -0.2) is 0 Å². The number of hydrogen-bond acceptors (Lipinski definition) is 4. The fraction of sp³-hybridized carbons (Fsp3) is 0. The van der Waals surface area contributed by atoms with Gasteiger partial charge in [0.1, 0.15) is 9.79 Å². The second-order valence-electron chi connectivity index (χ2n) is 4.23. The van der Waals surface area contributed by atoms with Crippen molar-refractivity contribution in [2.24, 2.45) is 0 Å². The Morgan fingerprint density at radius 2 is 1.00 bits per heavy atom. The molecule has 6 nitrogen and oxygen atoms in total. The van der Waals surface area contributed by atoms with Crippen LogP contribution in [0.15, 0.2) is 46.2 Å². The average Bonchev–Trinajstić information content (AvgIpc) is 2.37. The van der Waals surface area contributed by atoms with Gasteiger partial charge in [-0.2, -0.15) is 16.8 Å². The van der Waals surface area contributed by atoms with Crippen molar-refractivity contribution < 1.29 is 132 Å². The van der Waals surface area contributed by atoms with Crippen LogP contribution in [0.4, 0.5) is 0 Å². The Morgan fingerprint density at radius 3 is 1.25 bits per heavy atom. The molecule has 2 rings (SSSR count). The van der Waals surface area contributed by atoms with Crippen LogP contribution in [0, 0.1) is 0 Å². The summed E-state index contributed by atoms with van der Waals surface area (Å²) in [5.41, 5.74) is -0.285. The Bertz CT molecular complexity index is 892. The third-order valence-corrected chi connectivity index (χ3v) is 4.99. The Labute approximate surface area is 237 Å². The molecular weight excluding hydrogens is 453 g/mol. The standard InChI is InChI=1S/C12H8Cl2O6S2.2K.2H/c13-7-1-3-9(11(5-7)21(15,16)17)10-4-2-8(14)6-12(10)22(18,19)20;;;;/h1-6H,(H,15,16,17)(H,18,19,20);;;;/q;2*+1;2*-1. The van der Waals surface area contributed by atoms with Gasteiger partial charge in [-0.1, -0.05) is 35.3 Å². The van der Waals surface area contributed by atoms with E-state index in [9.17, 15) is 25.9 Å². The van der Waals surface area contributed by atoms with Crippen molar-refractivity contribution in [3.8, 4) is 11.1 Å². The van der Waals surface area contributed by atoms with Crippen LogP contribution < -0.4 is 103 Å². The van der Waals surface area contributed by atoms with Gasteiger partial charge in [0.25, 0.3) is 20.2 Å². The molecule has 0 aliphatic rings. The Kier molecular flexibility index (Phi) is 10.9. The summed E-state index contributed by atoms with van der Waals surface area (Å²) in [5, 5.41) is 0.0532. The van der Waals surface area contributed by atoms with Gasteiger partial charge >= 0.3 is 103 Å². The van der Waals surface area contributed by atoms with Crippen LogP contribution in [0.1, 0.15) is 2.85 Å². The fourth-order valence-corrected chi connectivity index (χ4v) is 3.80. The first-order chi connectivity index (χ1) is 10.00. The van der Waals surface area contributed by atoms with Crippen molar-refractivity contribution in [1.29, 1.82) is 0 Å². The Hall–Kier alpha value is 2.11. The van der Waals surface area contributed by atoms with Crippen LogP contribution in [-0.2, 0) is 20.2 Å². The van der Waals surface area contributed by atoms with Crippen LogP contribution in [0.3, 0.4) is 0 Å². The first-order valence-electron chi connectivity index (χ1n) is 5.54. The van der Waals surface area contributed by atoms with Gasteiger partial charge < -0.3 is 2.85 Å². The molecule has 2 N–H and O–H groups in total. The van der Waals surface area contributed by atoms with Crippen LogP contribution in [0.2, 0.25) is 10.0 Å². The van der Waals surface area contributed by atoms with Gasteiger partial charge in [0.15, 0.2) is 0 Å². The monoisotopic (exact) mass is 462 g/mol. The van der Waals surface area contributed by atoms with Crippen molar-refractivity contribution in [3.63, 3.8) is 0 Å². The van der Waals surface area contributed by atoms with Crippen LogP contribution >= 0.6 is 23.2 Å². The SMILES string of the molecule is O=S(=O)(O)c1cc(Cl)ccc1-c1ccc(Cl)cc1S(=O)(=O)O.[H-].[H-].[K+].[K+]. The van der Waals surface area contributed by atoms with Gasteiger partial charge in [0.2, 0.25) is 0 Å². The third-order valence-electron chi connectivity index (χ3n) is 2.73. The molecule has 0 heterocycles. The first kappa shape index (κ1) is 26.1. The molecule has 0 spiro atoms. The smallest absolute Gasteiger partial charge is 1.00 e. The van der Waals surface area contributed by atoms with Crippen molar-refractivity contribution >= 4 is 43.4 Å². The molecule has 12 heteroatoms. The van der Waals surface area contributed by atoms with E-state index in [1.165, 1.54) is 24.3 Å². The van der Waals surface area contributed by atoms with Crippen LogP contribution in [-0.4, -0.2) is 25.9 Å². The van der Waals surface area contributed by atoms with Crippen LogP contribution in [0.5, 0.6) is 0 Å². The molecule has 24 heavy (non-hydrogen) atoms. The summed E-state index contributed by atoms with van der Waals surface area (Å²) >= 11 is 11.4. The number of rotatable bonds is 3. The molecule has 0 fully saturated rings. The minimum atomic E-state index is -4.67. The summed E-state index contributed by atoms with van der Waals surface area (Å²) in [6.07, 6.45) is 0. The molecule has 0 radical (unpaired) electrons. The van der Waals surface area contributed by atoms with Crippen molar-refractivity contribution in [2.75, 3.05) is 0 Å². The van der Waals surface area contributed by atoms with E-state index in [0.29, 0.717) is 0 Å². The maximum Gasteiger partial charge on any atom is 1.00 e. The predicted molar refractivity (Wildman–Crippen MR) is 83.8 cm³/mol. The van der Waals surface area contributed by atoms with E-state index < -0.39 is 30.0 Å². The molecule has 2 aromatic carbocycles. The largest absolute Gasteiger partial charge is 1.00 e. The zero-order chi connectivity index (χ0) is 16.7. The molecular formula is C12H10Cl2K2O6S2. The Balaban J connectivity index is -0.00000132. The summed E-state index contributed by atoms with van der Waals surface area (Å²) in [4.78, 5) is -1.18. The van der Waals surface area contributed by atoms with E-state index in [1.54, 1.807) is 0 Å². The molecule has 0 unspecified atom stereocenters. The van der Waals surface area contributed by atoms with Gasteiger partial charge in [0, 0.05) is 21.2 Å². The molecule has 0 atom stereocenters. The zero-order valence-corrected chi connectivity index (χ0v) is 22.0. The third kappa shape index (κ3) is 6.62. The quantitative estimate of drug-likeness (QED) is 0.382. The van der Waals surface area contributed by atoms with Crippen LogP contribution in [0.25, 0.3) is 11.1 Å². The van der Waals surface area contributed by atoms with Gasteiger partial charge in [0.05, 0.1) is 0 Å². The summed E-state index contributed by atoms with van der Waals surface area (Å²) in [6, 6.07) is 6.98. The normalized spacial score (nSPS) is 11.3. The maximum atomic E-state index is 11.5. The molecule has 2 aromatic rings. The number of halogens is 2. The molecule has 0 aromatic heterocycles. The van der Waals surface area contributed by atoms with Gasteiger partial charge in [-0.05, 0) is 24.3 Å². The number of hydrogen-bond donors (Lipinski definition) is 2. The van der Waals surface area contributed by atoms with E-state index in [0.717, 1.165) is 12.1 Å². The summed E-state index contributed by atoms with van der Waals surface area (Å²) in [6.45, 7) is 0. The molecule has 0 saturated heterocycles. The molecule has 0 bridgehead atoms. The second kappa shape index (κ2) is 10.1. The molecule has 0 amide bonds. The van der Waals surface area contributed by atoms with E-state index in [1.807, 2.05) is 0 Å². The van der Waals surface area contributed by atoms with Crippen molar-refractivity contribution in [3.05, 3.63) is 46.4 Å². The molecule has 0 aliphatic heterocycles. The fourth-order valence-electron chi connectivity index (χ4n) is 1.86. The topological polar surface area (TPSA) is 109 Å². The van der Waals surface area contributed by atoms with Crippen molar-refractivity contribution in [1.82, 2.24) is 0 Å². The predicted octanol–water partition coefficient (Wildman–Crippen LogP) is -2.61. The molecule has 122 valence electrons. The van der Waals surface area contributed by atoms with Gasteiger partial charge in [-0.3, -0.25) is 9.11 Å². The maximum absolute atomic E-state index is 11.5. The van der Waals surface area contributed by atoms with Gasteiger partial charge in [-0.15, -0.1) is 0 Å². The second-order valence-corrected chi connectivity index (χ2v) is 7.88. The Morgan fingerprint density at radius 1 is 0.708 bits per heavy atom. The average molecular weight is 463 g/mol. The zero-order valence-electron chi connectivity index (χ0n) is 14.6. The van der Waals surface area contributed by atoms with E-state index in [4.69, 9.17) is 23.2 Å². The summed E-state index contributed by atoms with van der Waals surface area (Å²) < 4.78 is 64.4. The van der Waals surface area contributed by atoms with E-state index in [-0.39, 0.29) is 127 Å². The van der Waals surface area contributed by atoms with E-state index in [2.05, 4.69) is 0 Å². The number of benzene rings is 2. The van der Waals surface area contributed by atoms with Crippen molar-refractivity contribution in [2.45, 2.75) is 9.79 Å². The molecule has 0 saturated carbocycles. The summed E-state index contributed by atoms with van der Waals surface area (Å²) in [5.74, 6) is 0.